The standard InChI is InChI=1S/C15H23N3O4S2/c1-22-7-6-17-4-5-18(14-11-24(20,21)10-13(14)17)15(19)16-9-12-3-2-8-23-12/h2-3,8,13-14H,4-7,9-11H2,1H3,(H,16,19)/t13-,14+/m1/s1. The number of urea groups is 1. The van der Waals surface area contributed by atoms with Crippen molar-refractivity contribution in [1.82, 2.24) is 15.1 Å². The van der Waals surface area contributed by atoms with Gasteiger partial charge in [-0.1, -0.05) is 6.07 Å². The highest BCUT2D eigenvalue weighted by molar-refractivity contribution is 7.91. The molecule has 2 saturated heterocycles. The molecule has 9 heteroatoms. The molecule has 0 aromatic carbocycles. The minimum absolute atomic E-state index is 0.0492. The second-order valence-electron chi connectivity index (χ2n) is 6.17. The molecule has 0 unspecified atom stereocenters. The molecule has 0 aliphatic carbocycles. The third-order valence-electron chi connectivity index (χ3n) is 4.63. The molecule has 0 radical (unpaired) electrons. The Morgan fingerprint density at radius 3 is 2.88 bits per heavy atom. The van der Waals surface area contributed by atoms with Crippen LogP contribution in [0.4, 0.5) is 4.79 Å². The Morgan fingerprint density at radius 1 is 1.38 bits per heavy atom. The van der Waals surface area contributed by atoms with Gasteiger partial charge < -0.3 is 15.0 Å². The van der Waals surface area contributed by atoms with Crippen LogP contribution in [0, 0.1) is 0 Å². The normalized spacial score (nSPS) is 26.3. The third kappa shape index (κ3) is 3.90. The van der Waals surface area contributed by atoms with E-state index >= 15 is 0 Å². The van der Waals surface area contributed by atoms with Crippen LogP contribution in [0.5, 0.6) is 0 Å². The average molecular weight is 374 g/mol. The van der Waals surface area contributed by atoms with Crippen molar-refractivity contribution in [3.63, 3.8) is 0 Å². The fourth-order valence-corrected chi connectivity index (χ4v) is 6.10. The van der Waals surface area contributed by atoms with Gasteiger partial charge in [-0.15, -0.1) is 11.3 Å². The number of methoxy groups -OCH3 is 1. The van der Waals surface area contributed by atoms with Crippen LogP contribution in [-0.4, -0.2) is 81.2 Å². The smallest absolute Gasteiger partial charge is 0.318 e. The molecule has 2 fully saturated rings. The number of hydrogen-bond donors (Lipinski definition) is 1. The van der Waals surface area contributed by atoms with Crippen LogP contribution in [0.2, 0.25) is 0 Å². The van der Waals surface area contributed by atoms with Crippen LogP contribution >= 0.6 is 11.3 Å². The van der Waals surface area contributed by atoms with E-state index in [0.29, 0.717) is 32.8 Å². The van der Waals surface area contributed by atoms with Crippen molar-refractivity contribution >= 4 is 27.2 Å². The van der Waals surface area contributed by atoms with Gasteiger partial charge in [-0.25, -0.2) is 13.2 Å². The first-order valence-electron chi connectivity index (χ1n) is 8.00. The lowest BCUT2D eigenvalue weighted by molar-refractivity contribution is 0.0465. The molecule has 1 aromatic heterocycles. The van der Waals surface area contributed by atoms with Gasteiger partial charge >= 0.3 is 6.03 Å². The summed E-state index contributed by atoms with van der Waals surface area (Å²) in [6, 6.07) is 3.33. The predicted molar refractivity (Wildman–Crippen MR) is 92.9 cm³/mol. The summed E-state index contributed by atoms with van der Waals surface area (Å²) >= 11 is 1.59. The number of amides is 2. The van der Waals surface area contributed by atoms with E-state index in [0.717, 1.165) is 4.88 Å². The topological polar surface area (TPSA) is 79.0 Å². The van der Waals surface area contributed by atoms with Crippen molar-refractivity contribution < 1.29 is 17.9 Å². The number of nitrogens with zero attached hydrogens (tertiary/aromatic N) is 2. The van der Waals surface area contributed by atoms with E-state index in [1.807, 2.05) is 17.5 Å². The lowest BCUT2D eigenvalue weighted by Crippen LogP contribution is -2.62. The predicted octanol–water partition coefficient (Wildman–Crippen LogP) is 0.387. The first-order chi connectivity index (χ1) is 11.5. The van der Waals surface area contributed by atoms with Crippen LogP contribution in [0.3, 0.4) is 0 Å². The number of carbonyl (C=O) groups excluding carboxylic acids is 1. The molecular formula is C15H23N3O4S2. The molecule has 134 valence electrons. The van der Waals surface area contributed by atoms with E-state index in [4.69, 9.17) is 4.74 Å². The number of hydrogen-bond acceptors (Lipinski definition) is 6. The van der Waals surface area contributed by atoms with Crippen molar-refractivity contribution in [3.05, 3.63) is 22.4 Å². The van der Waals surface area contributed by atoms with E-state index in [2.05, 4.69) is 10.2 Å². The van der Waals surface area contributed by atoms with Gasteiger partial charge in [0.05, 0.1) is 30.7 Å². The molecule has 2 aliphatic rings. The van der Waals surface area contributed by atoms with Gasteiger partial charge in [-0.2, -0.15) is 0 Å². The zero-order valence-electron chi connectivity index (χ0n) is 13.7. The Labute approximate surface area is 146 Å². The molecule has 1 aromatic rings. The molecular weight excluding hydrogens is 350 g/mol. The first-order valence-corrected chi connectivity index (χ1v) is 10.7. The van der Waals surface area contributed by atoms with Gasteiger partial charge in [0.15, 0.2) is 9.84 Å². The third-order valence-corrected chi connectivity index (χ3v) is 7.20. The van der Waals surface area contributed by atoms with Gasteiger partial charge in [0.2, 0.25) is 0 Å². The van der Waals surface area contributed by atoms with Crippen molar-refractivity contribution in [1.29, 1.82) is 0 Å². The summed E-state index contributed by atoms with van der Waals surface area (Å²) in [4.78, 5) is 17.5. The maximum atomic E-state index is 12.5. The van der Waals surface area contributed by atoms with Crippen LogP contribution in [0.25, 0.3) is 0 Å². The number of ether oxygens (including phenoxy) is 1. The zero-order chi connectivity index (χ0) is 17.2. The second-order valence-corrected chi connectivity index (χ2v) is 9.36. The highest BCUT2D eigenvalue weighted by atomic mass is 32.2. The summed E-state index contributed by atoms with van der Waals surface area (Å²) in [6.07, 6.45) is 0. The Kier molecular flexibility index (Phi) is 5.43. The van der Waals surface area contributed by atoms with Crippen molar-refractivity contribution in [3.8, 4) is 0 Å². The quantitative estimate of drug-likeness (QED) is 0.808. The molecule has 0 spiro atoms. The van der Waals surface area contributed by atoms with Crippen LogP contribution in [-0.2, 0) is 21.1 Å². The number of piperazine rings is 1. The first kappa shape index (κ1) is 17.7. The Morgan fingerprint density at radius 2 is 2.17 bits per heavy atom. The number of carbonyl (C=O) groups is 1. The van der Waals surface area contributed by atoms with E-state index in [9.17, 15) is 13.2 Å². The zero-order valence-corrected chi connectivity index (χ0v) is 15.3. The van der Waals surface area contributed by atoms with Gasteiger partial charge in [0, 0.05) is 37.7 Å². The molecule has 3 heterocycles. The fraction of sp³-hybridized carbons (Fsp3) is 0.667. The average Bonchev–Trinajstić information content (AvgIpc) is 3.16. The molecule has 1 N–H and O–H groups in total. The fourth-order valence-electron chi connectivity index (χ4n) is 3.44. The maximum Gasteiger partial charge on any atom is 0.318 e. The van der Waals surface area contributed by atoms with Crippen molar-refractivity contribution in [2.75, 3.05) is 44.9 Å². The van der Waals surface area contributed by atoms with E-state index in [1.54, 1.807) is 23.3 Å². The maximum absolute atomic E-state index is 12.5. The Bertz CT molecular complexity index is 662. The van der Waals surface area contributed by atoms with Gasteiger partial charge in [-0.05, 0) is 11.4 Å². The Hall–Kier alpha value is -1.16. The molecule has 7 nitrogen and oxygen atoms in total. The van der Waals surface area contributed by atoms with Crippen molar-refractivity contribution in [2.24, 2.45) is 0 Å². The molecule has 0 bridgehead atoms. The second kappa shape index (κ2) is 7.38. The summed E-state index contributed by atoms with van der Waals surface area (Å²) in [6.45, 7) is 2.94. The number of sulfone groups is 1. The van der Waals surface area contributed by atoms with E-state index < -0.39 is 9.84 Å². The largest absolute Gasteiger partial charge is 0.383 e. The highest BCUT2D eigenvalue weighted by Gasteiger charge is 2.47. The van der Waals surface area contributed by atoms with Crippen LogP contribution in [0.15, 0.2) is 17.5 Å². The lowest BCUT2D eigenvalue weighted by Gasteiger charge is -2.43. The number of nitrogens with one attached hydrogen (secondary N) is 1. The molecule has 2 amide bonds. The summed E-state index contributed by atoms with van der Waals surface area (Å²) < 4.78 is 29.3. The molecule has 0 saturated carbocycles. The Balaban J connectivity index is 1.67. The van der Waals surface area contributed by atoms with Gasteiger partial charge in [0.1, 0.15) is 0 Å². The van der Waals surface area contributed by atoms with E-state index in [1.165, 1.54) is 0 Å². The van der Waals surface area contributed by atoms with Gasteiger partial charge in [0.25, 0.3) is 0 Å². The lowest BCUT2D eigenvalue weighted by atomic mass is 10.1. The summed E-state index contributed by atoms with van der Waals surface area (Å²) in [5, 5.41) is 4.88. The highest BCUT2D eigenvalue weighted by Crippen LogP contribution is 2.27. The summed E-state index contributed by atoms with van der Waals surface area (Å²) in [7, 11) is -1.48. The number of fused-ring (bicyclic) bond motifs is 1. The van der Waals surface area contributed by atoms with Crippen LogP contribution < -0.4 is 5.32 Å². The monoisotopic (exact) mass is 373 g/mol. The van der Waals surface area contributed by atoms with Crippen LogP contribution in [0.1, 0.15) is 4.88 Å². The molecule has 24 heavy (non-hydrogen) atoms. The number of thiophene rings is 1. The summed E-state index contributed by atoms with van der Waals surface area (Å²) in [5.41, 5.74) is 0. The van der Waals surface area contributed by atoms with E-state index in [-0.39, 0.29) is 29.6 Å². The van der Waals surface area contributed by atoms with Crippen molar-refractivity contribution in [2.45, 2.75) is 18.6 Å². The molecule has 2 atom stereocenters. The number of rotatable bonds is 5. The minimum atomic E-state index is -3.11. The SMILES string of the molecule is COCCN1CCN(C(=O)NCc2cccs2)[C@H]2CS(=O)(=O)C[C@H]21. The molecule has 2 aliphatic heterocycles. The molecule has 3 rings (SSSR count). The summed E-state index contributed by atoms with van der Waals surface area (Å²) in [5.74, 6) is 0.170. The minimum Gasteiger partial charge on any atom is -0.383 e. The van der Waals surface area contributed by atoms with Gasteiger partial charge in [-0.3, -0.25) is 4.90 Å².